The lowest BCUT2D eigenvalue weighted by molar-refractivity contribution is -0.136. The van der Waals surface area contributed by atoms with Gasteiger partial charge in [0.2, 0.25) is 5.91 Å². The number of hydrogen-bond acceptors (Lipinski definition) is 6. The molecule has 1 N–H and O–H groups in total. The molecule has 3 fully saturated rings. The number of carbonyl (C=O) groups excluding carboxylic acids is 2. The Morgan fingerprint density at radius 3 is 2.03 bits per heavy atom. The second-order valence-corrected chi connectivity index (χ2v) is 8.06. The lowest BCUT2D eigenvalue weighted by Crippen LogP contribution is -2.49. The van der Waals surface area contributed by atoms with E-state index < -0.39 is 0 Å². The summed E-state index contributed by atoms with van der Waals surface area (Å²) in [5, 5.41) is 3.31. The van der Waals surface area contributed by atoms with Gasteiger partial charge in [0.1, 0.15) is 5.78 Å². The number of nitrogens with zero attached hydrogens (tertiary/aromatic N) is 2. The maximum Gasteiger partial charge on any atom is 0.236 e. The molecule has 0 bridgehead atoms. The number of piperazine rings is 1. The van der Waals surface area contributed by atoms with Crippen molar-refractivity contribution in [1.82, 2.24) is 15.1 Å². The van der Waals surface area contributed by atoms with Crippen molar-refractivity contribution in [3.63, 3.8) is 0 Å². The van der Waals surface area contributed by atoms with Crippen LogP contribution >= 0.6 is 0 Å². The van der Waals surface area contributed by atoms with E-state index in [0.717, 1.165) is 45.6 Å². The maximum absolute atomic E-state index is 11.3. The zero-order valence-corrected chi connectivity index (χ0v) is 22.6. The van der Waals surface area contributed by atoms with Crippen molar-refractivity contribution in [1.29, 1.82) is 0 Å². The fourth-order valence-electron chi connectivity index (χ4n) is 3.42. The Balaban J connectivity index is 0. The number of likely N-dealkylation sites (N-methyl/N-ethyl adjacent to an activating group) is 1. The van der Waals surface area contributed by atoms with Gasteiger partial charge >= 0.3 is 0 Å². The first-order valence-corrected chi connectivity index (χ1v) is 12.6. The number of nitrogens with one attached hydrogen (secondary N) is 1. The highest BCUT2D eigenvalue weighted by Crippen LogP contribution is 2.51. The second kappa shape index (κ2) is 20.6. The molecule has 1 atom stereocenters. The van der Waals surface area contributed by atoms with E-state index in [0.29, 0.717) is 30.8 Å². The van der Waals surface area contributed by atoms with Crippen molar-refractivity contribution in [3.05, 3.63) is 0 Å². The summed E-state index contributed by atoms with van der Waals surface area (Å²) in [6.45, 7) is 17.7. The first-order chi connectivity index (χ1) is 15.4. The molecule has 1 amide bonds. The van der Waals surface area contributed by atoms with Gasteiger partial charge in [-0.1, -0.05) is 41.5 Å². The zero-order chi connectivity index (χ0) is 25.0. The van der Waals surface area contributed by atoms with Gasteiger partial charge < -0.3 is 19.7 Å². The van der Waals surface area contributed by atoms with Crippen LogP contribution in [0.3, 0.4) is 0 Å². The first kappa shape index (κ1) is 33.2. The summed E-state index contributed by atoms with van der Waals surface area (Å²) >= 11 is 0. The number of rotatable bonds is 7. The number of ketones is 1. The molecule has 1 saturated carbocycles. The molecule has 1 spiro atoms. The summed E-state index contributed by atoms with van der Waals surface area (Å²) in [5.41, 5.74) is 0.565. The minimum atomic E-state index is 0.197. The molecule has 7 nitrogen and oxygen atoms in total. The van der Waals surface area contributed by atoms with E-state index in [4.69, 9.17) is 9.47 Å². The molecule has 32 heavy (non-hydrogen) atoms. The van der Waals surface area contributed by atoms with Gasteiger partial charge in [-0.15, -0.1) is 0 Å². The summed E-state index contributed by atoms with van der Waals surface area (Å²) in [5.74, 6) is 0.606. The Hall–Kier alpha value is -1.02. The van der Waals surface area contributed by atoms with Gasteiger partial charge in [0.15, 0.2) is 0 Å². The minimum absolute atomic E-state index is 0.197. The van der Waals surface area contributed by atoms with Crippen LogP contribution in [-0.4, -0.2) is 94.7 Å². The number of hydrogen-bond donors (Lipinski definition) is 1. The van der Waals surface area contributed by atoms with E-state index >= 15 is 0 Å². The van der Waals surface area contributed by atoms with E-state index in [1.54, 1.807) is 14.2 Å². The molecule has 1 unspecified atom stereocenters. The third-order valence-corrected chi connectivity index (χ3v) is 5.54. The van der Waals surface area contributed by atoms with Crippen LogP contribution in [0.1, 0.15) is 73.6 Å². The quantitative estimate of drug-likeness (QED) is 0.627. The number of methoxy groups -OCH3 is 2. The summed E-state index contributed by atoms with van der Waals surface area (Å²) in [6.07, 6.45) is 5.60. The average molecular weight is 460 g/mol. The van der Waals surface area contributed by atoms with Gasteiger partial charge in [0.05, 0.1) is 19.2 Å². The van der Waals surface area contributed by atoms with E-state index in [2.05, 4.69) is 12.2 Å². The first-order valence-electron chi connectivity index (χ1n) is 12.6. The molecule has 0 aromatic rings. The summed E-state index contributed by atoms with van der Waals surface area (Å²) < 4.78 is 9.60. The highest BCUT2D eigenvalue weighted by molar-refractivity contribution is 5.84. The van der Waals surface area contributed by atoms with Crippen molar-refractivity contribution in [2.45, 2.75) is 79.7 Å². The maximum atomic E-state index is 11.3. The Labute approximate surface area is 198 Å². The fourth-order valence-corrected chi connectivity index (χ4v) is 3.42. The second-order valence-electron chi connectivity index (χ2n) is 8.06. The number of amides is 1. The molecule has 2 aliphatic heterocycles. The van der Waals surface area contributed by atoms with Crippen LogP contribution in [0.2, 0.25) is 0 Å². The third kappa shape index (κ3) is 14.2. The SMILES string of the molecule is CC.CC.CCC(=O)C1CC2(CC2)CN1.CCCOC.COCCN1CCN(C)CC1=O. The van der Waals surface area contributed by atoms with Gasteiger partial charge in [-0.3, -0.25) is 14.5 Å². The molecule has 0 aromatic heterocycles. The van der Waals surface area contributed by atoms with Crippen LogP contribution in [0.4, 0.5) is 0 Å². The van der Waals surface area contributed by atoms with Gasteiger partial charge in [-0.05, 0) is 38.1 Å². The lowest BCUT2D eigenvalue weighted by atomic mass is 10.00. The minimum Gasteiger partial charge on any atom is -0.385 e. The molecule has 0 aromatic carbocycles. The van der Waals surface area contributed by atoms with Crippen LogP contribution in [0.15, 0.2) is 0 Å². The number of Topliss-reactive ketones (excluding diaryl/α,β-unsaturated/α-hetero) is 1. The topological polar surface area (TPSA) is 71.1 Å². The van der Waals surface area contributed by atoms with E-state index in [9.17, 15) is 9.59 Å². The molecule has 2 saturated heterocycles. The van der Waals surface area contributed by atoms with Gasteiger partial charge in [0.25, 0.3) is 0 Å². The molecular weight excluding hydrogens is 406 g/mol. The largest absolute Gasteiger partial charge is 0.385 e. The molecule has 7 heteroatoms. The van der Waals surface area contributed by atoms with Gasteiger partial charge in [-0.25, -0.2) is 0 Å². The summed E-state index contributed by atoms with van der Waals surface area (Å²) in [7, 11) is 5.33. The Morgan fingerprint density at radius 1 is 1.06 bits per heavy atom. The van der Waals surface area contributed by atoms with E-state index in [1.165, 1.54) is 12.8 Å². The van der Waals surface area contributed by atoms with E-state index in [1.807, 2.05) is 51.5 Å². The van der Waals surface area contributed by atoms with E-state index in [-0.39, 0.29) is 11.9 Å². The highest BCUT2D eigenvalue weighted by Gasteiger charge is 2.49. The normalized spacial score (nSPS) is 20.5. The van der Waals surface area contributed by atoms with Gasteiger partial charge in [-0.2, -0.15) is 0 Å². The predicted octanol–water partition coefficient (Wildman–Crippen LogP) is 3.61. The molecule has 2 heterocycles. The van der Waals surface area contributed by atoms with Crippen LogP contribution in [0.5, 0.6) is 0 Å². The fraction of sp³-hybridized carbons (Fsp3) is 0.920. The van der Waals surface area contributed by atoms with Crippen molar-refractivity contribution in [3.8, 4) is 0 Å². The number of ether oxygens (including phenoxy) is 2. The van der Waals surface area contributed by atoms with Crippen LogP contribution in [0.25, 0.3) is 0 Å². The van der Waals surface area contributed by atoms with Crippen molar-refractivity contribution in [2.75, 3.05) is 67.2 Å². The highest BCUT2D eigenvalue weighted by atomic mass is 16.5. The number of carbonyl (C=O) groups is 2. The van der Waals surface area contributed by atoms with Crippen LogP contribution < -0.4 is 5.32 Å². The van der Waals surface area contributed by atoms with Crippen molar-refractivity contribution < 1.29 is 19.1 Å². The molecule has 0 radical (unpaired) electrons. The standard InChI is InChI=1S/C9H15NO.C8H16N2O2.C4H10O.2C2H6/c1-2-8(11)7-5-9(3-4-9)6-10-7;1-9-3-4-10(5-6-12-2)8(11)7-9;1-3-4-5-2;2*1-2/h7,10H,2-6H2,1H3;3-7H2,1-2H3;3-4H2,1-2H3;2*1-2H3. The molecular formula is C25H53N3O4. The Kier molecular flexibility index (Phi) is 21.3. The molecule has 3 rings (SSSR count). The monoisotopic (exact) mass is 459 g/mol. The van der Waals surface area contributed by atoms with Crippen LogP contribution in [0, 0.1) is 5.41 Å². The molecule has 3 aliphatic rings. The van der Waals surface area contributed by atoms with Crippen LogP contribution in [-0.2, 0) is 19.1 Å². The van der Waals surface area contributed by atoms with Gasteiger partial charge in [0, 0.05) is 53.4 Å². The smallest absolute Gasteiger partial charge is 0.236 e. The molecule has 1 aliphatic carbocycles. The van der Waals surface area contributed by atoms with Crippen molar-refractivity contribution in [2.24, 2.45) is 5.41 Å². The Bertz CT molecular complexity index is 466. The predicted molar refractivity (Wildman–Crippen MR) is 134 cm³/mol. The Morgan fingerprint density at radius 2 is 1.66 bits per heavy atom. The zero-order valence-electron chi connectivity index (χ0n) is 22.6. The van der Waals surface area contributed by atoms with Crippen molar-refractivity contribution >= 4 is 11.7 Å². The summed E-state index contributed by atoms with van der Waals surface area (Å²) in [6, 6.07) is 0.197. The average Bonchev–Trinajstić information content (AvgIpc) is 3.45. The lowest BCUT2D eigenvalue weighted by Gasteiger charge is -2.31. The molecule has 192 valence electrons. The third-order valence-electron chi connectivity index (χ3n) is 5.54. The summed E-state index contributed by atoms with van der Waals surface area (Å²) in [4.78, 5) is 26.5.